The molecule has 0 aliphatic heterocycles. The van der Waals surface area contributed by atoms with E-state index in [2.05, 4.69) is 5.32 Å². The summed E-state index contributed by atoms with van der Waals surface area (Å²) in [6.45, 7) is 4.76. The number of rotatable bonds is 8. The van der Waals surface area contributed by atoms with Crippen LogP contribution in [-0.4, -0.2) is 30.8 Å². The lowest BCUT2D eigenvalue weighted by Gasteiger charge is -2.16. The molecular weight excluding hydrogens is 246 g/mol. The van der Waals surface area contributed by atoms with E-state index < -0.39 is 12.1 Å². The number of carbonyl (C=O) groups is 1. The van der Waals surface area contributed by atoms with Gasteiger partial charge in [0.15, 0.2) is 6.10 Å². The van der Waals surface area contributed by atoms with Gasteiger partial charge in [-0.2, -0.15) is 0 Å². The smallest absolute Gasteiger partial charge is 0.344 e. The van der Waals surface area contributed by atoms with Crippen LogP contribution in [-0.2, 0) is 11.3 Å². The zero-order valence-electron chi connectivity index (χ0n) is 11.6. The summed E-state index contributed by atoms with van der Waals surface area (Å²) in [5.41, 5.74) is 0.902. The van der Waals surface area contributed by atoms with Crippen LogP contribution < -0.4 is 14.8 Å². The third-order valence-corrected chi connectivity index (χ3v) is 2.53. The van der Waals surface area contributed by atoms with Crippen molar-refractivity contribution < 1.29 is 19.4 Å². The van der Waals surface area contributed by atoms with Gasteiger partial charge in [0, 0.05) is 18.2 Å². The fourth-order valence-corrected chi connectivity index (χ4v) is 1.53. The SMILES string of the molecule is CCCOc1ccc(CNC)c(OC(C)C(=O)O)c1. The van der Waals surface area contributed by atoms with Crippen LogP contribution in [0.1, 0.15) is 25.8 Å². The van der Waals surface area contributed by atoms with Gasteiger partial charge in [0.2, 0.25) is 0 Å². The van der Waals surface area contributed by atoms with Crippen LogP contribution in [0.25, 0.3) is 0 Å². The summed E-state index contributed by atoms with van der Waals surface area (Å²) >= 11 is 0. The largest absolute Gasteiger partial charge is 0.493 e. The van der Waals surface area contributed by atoms with E-state index in [-0.39, 0.29) is 0 Å². The number of aliphatic carboxylic acids is 1. The normalized spacial score (nSPS) is 11.9. The third kappa shape index (κ3) is 4.79. The Kier molecular flexibility index (Phi) is 6.15. The lowest BCUT2D eigenvalue weighted by molar-refractivity contribution is -0.144. The molecule has 1 aromatic rings. The van der Waals surface area contributed by atoms with Crippen LogP contribution in [0, 0.1) is 0 Å². The Morgan fingerprint density at radius 3 is 2.79 bits per heavy atom. The van der Waals surface area contributed by atoms with Crippen molar-refractivity contribution >= 4 is 5.97 Å². The van der Waals surface area contributed by atoms with E-state index in [0.717, 1.165) is 12.0 Å². The van der Waals surface area contributed by atoms with Crippen molar-refractivity contribution in [2.24, 2.45) is 0 Å². The molecule has 0 aliphatic rings. The molecule has 2 N–H and O–H groups in total. The first-order valence-corrected chi connectivity index (χ1v) is 6.38. The van der Waals surface area contributed by atoms with Crippen molar-refractivity contribution in [3.05, 3.63) is 23.8 Å². The molecule has 0 saturated carbocycles. The Balaban J connectivity index is 2.90. The molecular formula is C14H21NO4. The van der Waals surface area contributed by atoms with Crippen LogP contribution in [0.5, 0.6) is 11.5 Å². The van der Waals surface area contributed by atoms with E-state index >= 15 is 0 Å². The minimum atomic E-state index is -0.990. The molecule has 0 saturated heterocycles. The number of ether oxygens (including phenoxy) is 2. The molecule has 0 spiro atoms. The van der Waals surface area contributed by atoms with Crippen molar-refractivity contribution in [3.8, 4) is 11.5 Å². The van der Waals surface area contributed by atoms with E-state index in [4.69, 9.17) is 14.6 Å². The first-order valence-electron chi connectivity index (χ1n) is 6.38. The maximum absolute atomic E-state index is 10.9. The minimum Gasteiger partial charge on any atom is -0.493 e. The fraction of sp³-hybridized carbons (Fsp3) is 0.500. The highest BCUT2D eigenvalue weighted by molar-refractivity contribution is 5.72. The lowest BCUT2D eigenvalue weighted by atomic mass is 10.2. The van der Waals surface area contributed by atoms with Crippen molar-refractivity contribution in [2.75, 3.05) is 13.7 Å². The molecule has 0 aliphatic carbocycles. The lowest BCUT2D eigenvalue weighted by Crippen LogP contribution is -2.23. The Bertz CT molecular complexity index is 420. The fourth-order valence-electron chi connectivity index (χ4n) is 1.53. The average molecular weight is 267 g/mol. The van der Waals surface area contributed by atoms with E-state index in [1.807, 2.05) is 26.1 Å². The minimum absolute atomic E-state index is 0.540. The zero-order chi connectivity index (χ0) is 14.3. The topological polar surface area (TPSA) is 67.8 Å². The maximum atomic E-state index is 10.9. The first kappa shape index (κ1) is 15.3. The summed E-state index contributed by atoms with van der Waals surface area (Å²) in [7, 11) is 1.83. The van der Waals surface area contributed by atoms with Gasteiger partial charge in [-0.05, 0) is 26.5 Å². The predicted molar refractivity (Wildman–Crippen MR) is 72.7 cm³/mol. The molecule has 1 aromatic carbocycles. The summed E-state index contributed by atoms with van der Waals surface area (Å²) in [5, 5.41) is 11.9. The third-order valence-electron chi connectivity index (χ3n) is 2.53. The molecule has 0 aromatic heterocycles. The quantitative estimate of drug-likeness (QED) is 0.754. The molecule has 1 rings (SSSR count). The summed E-state index contributed by atoms with van der Waals surface area (Å²) in [6.07, 6.45) is 0.0250. The molecule has 106 valence electrons. The van der Waals surface area contributed by atoms with Crippen LogP contribution >= 0.6 is 0 Å². The van der Waals surface area contributed by atoms with Gasteiger partial charge >= 0.3 is 5.97 Å². The van der Waals surface area contributed by atoms with Crippen molar-refractivity contribution in [2.45, 2.75) is 32.9 Å². The Morgan fingerprint density at radius 1 is 1.47 bits per heavy atom. The standard InChI is InChI=1S/C14H21NO4/c1-4-7-18-12-6-5-11(9-15-3)13(8-12)19-10(2)14(16)17/h5-6,8,10,15H,4,7,9H2,1-3H3,(H,16,17). The second kappa shape index (κ2) is 7.63. The summed E-state index contributed by atoms with van der Waals surface area (Å²) < 4.78 is 11.0. The van der Waals surface area contributed by atoms with Gasteiger partial charge in [0.05, 0.1) is 6.61 Å². The van der Waals surface area contributed by atoms with Gasteiger partial charge in [-0.1, -0.05) is 13.0 Å². The van der Waals surface area contributed by atoms with Gasteiger partial charge in [-0.3, -0.25) is 0 Å². The van der Waals surface area contributed by atoms with E-state index in [0.29, 0.717) is 24.7 Å². The number of hydrogen-bond acceptors (Lipinski definition) is 4. The Hall–Kier alpha value is -1.75. The number of benzene rings is 1. The summed E-state index contributed by atoms with van der Waals surface area (Å²) in [4.78, 5) is 10.9. The molecule has 19 heavy (non-hydrogen) atoms. The number of carboxylic acid groups (broad SMARTS) is 1. The molecule has 0 fully saturated rings. The molecule has 0 amide bonds. The van der Waals surface area contributed by atoms with Gasteiger partial charge in [-0.25, -0.2) is 4.79 Å². The van der Waals surface area contributed by atoms with Gasteiger partial charge in [0.1, 0.15) is 11.5 Å². The molecule has 5 nitrogen and oxygen atoms in total. The molecule has 0 heterocycles. The van der Waals surface area contributed by atoms with Crippen LogP contribution in [0.15, 0.2) is 18.2 Å². The second-order valence-electron chi connectivity index (χ2n) is 4.25. The number of carboxylic acids is 1. The first-order chi connectivity index (χ1) is 9.08. The van der Waals surface area contributed by atoms with E-state index in [1.54, 1.807) is 6.07 Å². The van der Waals surface area contributed by atoms with Gasteiger partial charge in [0.25, 0.3) is 0 Å². The maximum Gasteiger partial charge on any atom is 0.344 e. The van der Waals surface area contributed by atoms with Crippen molar-refractivity contribution in [1.29, 1.82) is 0 Å². The van der Waals surface area contributed by atoms with Crippen LogP contribution in [0.2, 0.25) is 0 Å². The number of hydrogen-bond donors (Lipinski definition) is 2. The molecule has 1 atom stereocenters. The Labute approximate surface area is 113 Å². The highest BCUT2D eigenvalue weighted by atomic mass is 16.5. The highest BCUT2D eigenvalue weighted by Gasteiger charge is 2.15. The zero-order valence-corrected chi connectivity index (χ0v) is 11.6. The Morgan fingerprint density at radius 2 is 2.21 bits per heavy atom. The molecule has 0 bridgehead atoms. The molecule has 5 heteroatoms. The highest BCUT2D eigenvalue weighted by Crippen LogP contribution is 2.26. The summed E-state index contributed by atoms with van der Waals surface area (Å²) in [5.74, 6) is 0.238. The van der Waals surface area contributed by atoms with Gasteiger partial charge < -0.3 is 19.9 Å². The average Bonchev–Trinajstić information content (AvgIpc) is 2.39. The monoisotopic (exact) mass is 267 g/mol. The predicted octanol–water partition coefficient (Wildman–Crippen LogP) is 2.05. The van der Waals surface area contributed by atoms with Crippen LogP contribution in [0.3, 0.4) is 0 Å². The van der Waals surface area contributed by atoms with E-state index in [9.17, 15) is 4.79 Å². The van der Waals surface area contributed by atoms with Gasteiger partial charge in [-0.15, -0.1) is 0 Å². The summed E-state index contributed by atoms with van der Waals surface area (Å²) in [6, 6.07) is 5.48. The van der Waals surface area contributed by atoms with Crippen molar-refractivity contribution in [1.82, 2.24) is 5.32 Å². The number of nitrogens with one attached hydrogen (secondary N) is 1. The van der Waals surface area contributed by atoms with E-state index in [1.165, 1.54) is 6.92 Å². The molecule has 0 radical (unpaired) electrons. The van der Waals surface area contributed by atoms with Crippen molar-refractivity contribution in [3.63, 3.8) is 0 Å². The van der Waals surface area contributed by atoms with Crippen LogP contribution in [0.4, 0.5) is 0 Å². The second-order valence-corrected chi connectivity index (χ2v) is 4.25. The molecule has 1 unspecified atom stereocenters.